The van der Waals surface area contributed by atoms with Crippen LogP contribution in [-0.2, 0) is 4.74 Å². The van der Waals surface area contributed by atoms with Gasteiger partial charge in [0, 0.05) is 39.3 Å². The average molecular weight is 369 g/mol. The SMILES string of the molecule is CN=C(NCC1CN2CCCC2CO1)N1CCC(=Cc2ccccc2)CC1. The van der Waals surface area contributed by atoms with Gasteiger partial charge >= 0.3 is 0 Å². The van der Waals surface area contributed by atoms with Crippen molar-refractivity contribution in [3.63, 3.8) is 0 Å². The van der Waals surface area contributed by atoms with Gasteiger partial charge in [0.05, 0.1) is 12.7 Å². The van der Waals surface area contributed by atoms with Gasteiger partial charge in [-0.2, -0.15) is 0 Å². The number of piperidine rings is 1. The Hall–Kier alpha value is -1.85. The largest absolute Gasteiger partial charge is 0.373 e. The number of fused-ring (bicyclic) bond motifs is 1. The molecule has 2 unspecified atom stereocenters. The zero-order chi connectivity index (χ0) is 18.5. The highest BCUT2D eigenvalue weighted by atomic mass is 16.5. The van der Waals surface area contributed by atoms with Gasteiger partial charge in [0.15, 0.2) is 5.96 Å². The summed E-state index contributed by atoms with van der Waals surface area (Å²) in [6.45, 7) is 6.08. The van der Waals surface area contributed by atoms with E-state index in [0.717, 1.165) is 51.6 Å². The Balaban J connectivity index is 1.25. The Morgan fingerprint density at radius 1 is 1.22 bits per heavy atom. The summed E-state index contributed by atoms with van der Waals surface area (Å²) in [5.41, 5.74) is 2.83. The van der Waals surface area contributed by atoms with Gasteiger partial charge in [-0.3, -0.25) is 9.89 Å². The van der Waals surface area contributed by atoms with Crippen LogP contribution < -0.4 is 5.32 Å². The van der Waals surface area contributed by atoms with Crippen molar-refractivity contribution in [3.8, 4) is 0 Å². The smallest absolute Gasteiger partial charge is 0.193 e. The summed E-state index contributed by atoms with van der Waals surface area (Å²) in [6.07, 6.45) is 7.44. The Morgan fingerprint density at radius 3 is 2.81 bits per heavy atom. The van der Waals surface area contributed by atoms with E-state index in [1.54, 1.807) is 0 Å². The fourth-order valence-electron chi connectivity index (χ4n) is 4.48. The molecule has 0 amide bonds. The highest BCUT2D eigenvalue weighted by Gasteiger charge is 2.32. The molecule has 0 aromatic heterocycles. The van der Waals surface area contributed by atoms with E-state index in [0.29, 0.717) is 6.04 Å². The molecule has 4 rings (SSSR count). The molecule has 3 aliphatic heterocycles. The standard InChI is InChI=1S/C22H32N4O/c1-23-22(24-15-21-16-26-11-5-8-20(26)17-27-21)25-12-9-19(10-13-25)14-18-6-3-2-4-7-18/h2-4,6-7,14,20-21H,5,8-13,15-17H2,1H3,(H,23,24). The van der Waals surface area contributed by atoms with Crippen LogP contribution in [0.15, 0.2) is 40.9 Å². The summed E-state index contributed by atoms with van der Waals surface area (Å²) in [5, 5.41) is 3.56. The lowest BCUT2D eigenvalue weighted by molar-refractivity contribution is -0.0454. The number of ether oxygens (including phenoxy) is 1. The predicted molar refractivity (Wildman–Crippen MR) is 111 cm³/mol. The van der Waals surface area contributed by atoms with Crippen molar-refractivity contribution >= 4 is 12.0 Å². The lowest BCUT2D eigenvalue weighted by atomic mass is 10.0. The molecule has 3 aliphatic rings. The average Bonchev–Trinajstić information content (AvgIpc) is 3.18. The Morgan fingerprint density at radius 2 is 2.04 bits per heavy atom. The monoisotopic (exact) mass is 368 g/mol. The van der Waals surface area contributed by atoms with Crippen LogP contribution in [0.1, 0.15) is 31.2 Å². The molecule has 3 fully saturated rings. The third-order valence-electron chi connectivity index (χ3n) is 6.04. The van der Waals surface area contributed by atoms with Gasteiger partial charge in [0.1, 0.15) is 0 Å². The number of nitrogens with zero attached hydrogens (tertiary/aromatic N) is 3. The van der Waals surface area contributed by atoms with Gasteiger partial charge in [0.2, 0.25) is 0 Å². The zero-order valence-corrected chi connectivity index (χ0v) is 16.4. The first-order chi connectivity index (χ1) is 13.3. The second kappa shape index (κ2) is 8.89. The van der Waals surface area contributed by atoms with Crippen LogP contribution in [0.5, 0.6) is 0 Å². The maximum Gasteiger partial charge on any atom is 0.193 e. The van der Waals surface area contributed by atoms with E-state index in [1.165, 1.54) is 30.5 Å². The fraction of sp³-hybridized carbons (Fsp3) is 0.591. The van der Waals surface area contributed by atoms with Crippen LogP contribution in [0.3, 0.4) is 0 Å². The highest BCUT2D eigenvalue weighted by Crippen LogP contribution is 2.23. The minimum absolute atomic E-state index is 0.273. The van der Waals surface area contributed by atoms with Crippen LogP contribution in [0.25, 0.3) is 6.08 Å². The summed E-state index contributed by atoms with van der Waals surface area (Å²) >= 11 is 0. The molecule has 0 aliphatic carbocycles. The van der Waals surface area contributed by atoms with E-state index < -0.39 is 0 Å². The number of nitrogens with one attached hydrogen (secondary N) is 1. The van der Waals surface area contributed by atoms with Crippen molar-refractivity contribution in [2.45, 2.75) is 37.8 Å². The van der Waals surface area contributed by atoms with E-state index in [9.17, 15) is 0 Å². The van der Waals surface area contributed by atoms with Crippen LogP contribution in [0, 0.1) is 0 Å². The van der Waals surface area contributed by atoms with Crippen molar-refractivity contribution < 1.29 is 4.74 Å². The molecule has 0 radical (unpaired) electrons. The van der Waals surface area contributed by atoms with E-state index in [4.69, 9.17) is 4.74 Å². The Kier molecular flexibility index (Phi) is 6.10. The molecule has 0 spiro atoms. The molecule has 1 aromatic rings. The van der Waals surface area contributed by atoms with Crippen LogP contribution in [0.2, 0.25) is 0 Å². The first-order valence-electron chi connectivity index (χ1n) is 10.4. The highest BCUT2D eigenvalue weighted by molar-refractivity contribution is 5.80. The van der Waals surface area contributed by atoms with Gasteiger partial charge < -0.3 is 15.0 Å². The van der Waals surface area contributed by atoms with E-state index in [1.807, 2.05) is 7.05 Å². The Labute approximate surface area is 163 Å². The molecule has 1 N–H and O–H groups in total. The number of guanidine groups is 1. The minimum atomic E-state index is 0.273. The molecule has 5 nitrogen and oxygen atoms in total. The third kappa shape index (κ3) is 4.71. The lowest BCUT2D eigenvalue weighted by Gasteiger charge is -2.36. The van der Waals surface area contributed by atoms with Crippen molar-refractivity contribution in [2.24, 2.45) is 4.99 Å². The number of likely N-dealkylation sites (tertiary alicyclic amines) is 1. The summed E-state index contributed by atoms with van der Waals surface area (Å²) in [7, 11) is 1.88. The number of hydrogen-bond acceptors (Lipinski definition) is 3. The summed E-state index contributed by atoms with van der Waals surface area (Å²) < 4.78 is 6.07. The van der Waals surface area contributed by atoms with Crippen LogP contribution in [-0.4, -0.2) is 74.3 Å². The summed E-state index contributed by atoms with van der Waals surface area (Å²) in [6, 6.07) is 11.3. The number of rotatable bonds is 3. The maximum absolute atomic E-state index is 6.07. The molecule has 27 heavy (non-hydrogen) atoms. The fourth-order valence-corrected chi connectivity index (χ4v) is 4.48. The predicted octanol–water partition coefficient (Wildman–Crippen LogP) is 2.60. The van der Waals surface area contributed by atoms with Crippen LogP contribution >= 0.6 is 0 Å². The van der Waals surface area contributed by atoms with Gasteiger partial charge in [-0.15, -0.1) is 0 Å². The summed E-state index contributed by atoms with van der Waals surface area (Å²) in [5.74, 6) is 1.01. The van der Waals surface area contributed by atoms with Gasteiger partial charge in [-0.05, 0) is 37.8 Å². The summed E-state index contributed by atoms with van der Waals surface area (Å²) in [4.78, 5) is 9.49. The molecule has 5 heteroatoms. The number of hydrogen-bond donors (Lipinski definition) is 1. The molecule has 0 bridgehead atoms. The number of aliphatic imine (C=N–C) groups is 1. The van der Waals surface area contributed by atoms with Crippen molar-refractivity contribution in [2.75, 3.05) is 46.4 Å². The van der Waals surface area contributed by atoms with Crippen molar-refractivity contribution in [1.82, 2.24) is 15.1 Å². The quantitative estimate of drug-likeness (QED) is 0.658. The van der Waals surface area contributed by atoms with Gasteiger partial charge in [-0.25, -0.2) is 0 Å². The topological polar surface area (TPSA) is 40.1 Å². The van der Waals surface area contributed by atoms with Gasteiger partial charge in [0.25, 0.3) is 0 Å². The number of benzene rings is 1. The Bertz CT molecular complexity index is 662. The second-order valence-electron chi connectivity index (χ2n) is 7.87. The van der Waals surface area contributed by atoms with E-state index in [2.05, 4.69) is 56.5 Å². The van der Waals surface area contributed by atoms with Crippen molar-refractivity contribution in [3.05, 3.63) is 41.5 Å². The third-order valence-corrected chi connectivity index (χ3v) is 6.04. The molecular formula is C22H32N4O. The minimum Gasteiger partial charge on any atom is -0.373 e. The molecule has 146 valence electrons. The van der Waals surface area contributed by atoms with Crippen LogP contribution in [0.4, 0.5) is 0 Å². The molecular weight excluding hydrogens is 336 g/mol. The molecule has 3 saturated heterocycles. The zero-order valence-electron chi connectivity index (χ0n) is 16.4. The van der Waals surface area contributed by atoms with Gasteiger partial charge in [-0.1, -0.05) is 42.0 Å². The molecule has 3 heterocycles. The van der Waals surface area contributed by atoms with Crippen molar-refractivity contribution in [1.29, 1.82) is 0 Å². The molecule has 2 atom stereocenters. The molecule has 0 saturated carbocycles. The second-order valence-corrected chi connectivity index (χ2v) is 7.87. The first kappa shape index (κ1) is 18.5. The van der Waals surface area contributed by atoms with E-state index >= 15 is 0 Å². The maximum atomic E-state index is 6.07. The molecule has 1 aromatic carbocycles. The van der Waals surface area contributed by atoms with E-state index in [-0.39, 0.29) is 6.10 Å². The normalized spacial score (nSPS) is 26.8. The lowest BCUT2D eigenvalue weighted by Crippen LogP contribution is -2.52. The number of morpholine rings is 1. The first-order valence-corrected chi connectivity index (χ1v) is 10.4.